The molecule has 5 heteroatoms. The van der Waals surface area contributed by atoms with Crippen LogP contribution in [0, 0.1) is 0 Å². The number of hydrogen-bond acceptors (Lipinski definition) is 5. The summed E-state index contributed by atoms with van der Waals surface area (Å²) in [6.45, 7) is 2.48. The Balaban J connectivity index is 2.15. The lowest BCUT2D eigenvalue weighted by Crippen LogP contribution is -2.45. The number of morpholine rings is 1. The largest absolute Gasteiger partial charge is 0.495 e. The minimum atomic E-state index is -0.256. The predicted octanol–water partition coefficient (Wildman–Crippen LogP) is 0.421. The molecule has 1 saturated heterocycles. The first-order valence-corrected chi connectivity index (χ1v) is 5.77. The summed E-state index contributed by atoms with van der Waals surface area (Å²) in [5.41, 5.74) is 6.97. The van der Waals surface area contributed by atoms with Crippen molar-refractivity contribution < 1.29 is 9.47 Å². The van der Waals surface area contributed by atoms with Crippen LogP contribution in [-0.2, 0) is 4.74 Å². The summed E-state index contributed by atoms with van der Waals surface area (Å²) in [5, 5.41) is 0. The van der Waals surface area contributed by atoms with Crippen molar-refractivity contribution in [1.82, 2.24) is 9.88 Å². The zero-order valence-corrected chi connectivity index (χ0v) is 10.3. The minimum Gasteiger partial charge on any atom is -0.495 e. The molecule has 1 fully saturated rings. The monoisotopic (exact) mass is 237 g/mol. The SMILES string of the molecule is COc1cccnc1C(N)C1CN(C)CCO1. The second kappa shape index (κ2) is 5.44. The Morgan fingerprint density at radius 3 is 3.18 bits per heavy atom. The van der Waals surface area contributed by atoms with E-state index in [1.807, 2.05) is 12.1 Å². The summed E-state index contributed by atoms with van der Waals surface area (Å²) in [5.74, 6) is 0.719. The first kappa shape index (κ1) is 12.3. The molecule has 5 nitrogen and oxygen atoms in total. The van der Waals surface area contributed by atoms with E-state index in [-0.39, 0.29) is 12.1 Å². The summed E-state index contributed by atoms with van der Waals surface area (Å²) < 4.78 is 11.0. The molecule has 1 aromatic rings. The molecule has 94 valence electrons. The van der Waals surface area contributed by atoms with Crippen molar-refractivity contribution in [3.63, 3.8) is 0 Å². The topological polar surface area (TPSA) is 60.6 Å². The molecule has 1 aromatic heterocycles. The van der Waals surface area contributed by atoms with Gasteiger partial charge in [-0.15, -0.1) is 0 Å². The lowest BCUT2D eigenvalue weighted by atomic mass is 10.1. The average molecular weight is 237 g/mol. The molecule has 0 bridgehead atoms. The lowest BCUT2D eigenvalue weighted by molar-refractivity contribution is -0.0335. The number of nitrogens with zero attached hydrogens (tertiary/aromatic N) is 2. The normalized spacial score (nSPS) is 23.4. The molecule has 1 aliphatic rings. The van der Waals surface area contributed by atoms with Gasteiger partial charge in [0.2, 0.25) is 0 Å². The van der Waals surface area contributed by atoms with E-state index in [1.54, 1.807) is 13.3 Å². The standard InChI is InChI=1S/C12H19N3O2/c1-15-6-7-17-10(8-15)11(13)12-9(16-2)4-3-5-14-12/h3-5,10-11H,6-8,13H2,1-2H3. The van der Waals surface area contributed by atoms with E-state index >= 15 is 0 Å². The average Bonchev–Trinajstić information content (AvgIpc) is 2.38. The maximum absolute atomic E-state index is 6.21. The Morgan fingerprint density at radius 1 is 1.65 bits per heavy atom. The van der Waals surface area contributed by atoms with Gasteiger partial charge in [0.25, 0.3) is 0 Å². The van der Waals surface area contributed by atoms with Gasteiger partial charge in [0.05, 0.1) is 25.9 Å². The zero-order valence-electron chi connectivity index (χ0n) is 10.3. The van der Waals surface area contributed by atoms with Crippen molar-refractivity contribution in [3.05, 3.63) is 24.0 Å². The molecule has 2 unspecified atom stereocenters. The number of aromatic nitrogens is 1. The fourth-order valence-corrected chi connectivity index (χ4v) is 2.03. The van der Waals surface area contributed by atoms with E-state index < -0.39 is 0 Å². The van der Waals surface area contributed by atoms with E-state index in [0.29, 0.717) is 6.61 Å². The number of ether oxygens (including phenoxy) is 2. The molecule has 0 radical (unpaired) electrons. The molecule has 1 aliphatic heterocycles. The van der Waals surface area contributed by atoms with Gasteiger partial charge in [-0.1, -0.05) is 0 Å². The third-order valence-corrected chi connectivity index (χ3v) is 3.03. The fraction of sp³-hybridized carbons (Fsp3) is 0.583. The van der Waals surface area contributed by atoms with E-state index in [4.69, 9.17) is 15.2 Å². The van der Waals surface area contributed by atoms with Crippen LogP contribution in [0.5, 0.6) is 5.75 Å². The van der Waals surface area contributed by atoms with Gasteiger partial charge in [0.1, 0.15) is 11.4 Å². The van der Waals surface area contributed by atoms with Crippen LogP contribution >= 0.6 is 0 Å². The number of likely N-dealkylation sites (N-methyl/N-ethyl adjacent to an activating group) is 1. The molecule has 0 aliphatic carbocycles. The molecule has 2 heterocycles. The van der Waals surface area contributed by atoms with Crippen LogP contribution in [0.4, 0.5) is 0 Å². The van der Waals surface area contributed by atoms with Crippen molar-refractivity contribution in [3.8, 4) is 5.75 Å². The van der Waals surface area contributed by atoms with Crippen LogP contribution < -0.4 is 10.5 Å². The van der Waals surface area contributed by atoms with E-state index in [1.165, 1.54) is 0 Å². The van der Waals surface area contributed by atoms with Gasteiger partial charge in [-0.05, 0) is 19.2 Å². The van der Waals surface area contributed by atoms with Crippen LogP contribution in [-0.4, -0.2) is 49.8 Å². The van der Waals surface area contributed by atoms with Crippen molar-refractivity contribution in [2.75, 3.05) is 33.9 Å². The van der Waals surface area contributed by atoms with Crippen molar-refractivity contribution >= 4 is 0 Å². The molecule has 17 heavy (non-hydrogen) atoms. The molecule has 2 atom stereocenters. The molecular formula is C12H19N3O2. The van der Waals surface area contributed by atoms with Crippen LogP contribution in [0.25, 0.3) is 0 Å². The highest BCUT2D eigenvalue weighted by atomic mass is 16.5. The number of rotatable bonds is 3. The smallest absolute Gasteiger partial charge is 0.142 e. The molecular weight excluding hydrogens is 218 g/mol. The highest BCUT2D eigenvalue weighted by Gasteiger charge is 2.27. The number of methoxy groups -OCH3 is 1. The predicted molar refractivity (Wildman–Crippen MR) is 65.0 cm³/mol. The van der Waals surface area contributed by atoms with E-state index in [2.05, 4.69) is 16.9 Å². The fourth-order valence-electron chi connectivity index (χ4n) is 2.03. The maximum Gasteiger partial charge on any atom is 0.142 e. The third kappa shape index (κ3) is 2.74. The van der Waals surface area contributed by atoms with E-state index in [0.717, 1.165) is 24.5 Å². The van der Waals surface area contributed by atoms with E-state index in [9.17, 15) is 0 Å². The van der Waals surface area contributed by atoms with Gasteiger partial charge in [0.15, 0.2) is 0 Å². The minimum absolute atomic E-state index is 0.0300. The molecule has 2 rings (SSSR count). The highest BCUT2D eigenvalue weighted by Crippen LogP contribution is 2.25. The lowest BCUT2D eigenvalue weighted by Gasteiger charge is -2.33. The summed E-state index contributed by atoms with van der Waals surface area (Å²) in [6.07, 6.45) is 1.70. The second-order valence-corrected chi connectivity index (χ2v) is 4.29. The number of nitrogens with two attached hydrogens (primary N) is 1. The van der Waals surface area contributed by atoms with Crippen molar-refractivity contribution in [1.29, 1.82) is 0 Å². The number of pyridine rings is 1. The van der Waals surface area contributed by atoms with Gasteiger partial charge >= 0.3 is 0 Å². The van der Waals surface area contributed by atoms with Crippen LogP contribution in [0.3, 0.4) is 0 Å². The van der Waals surface area contributed by atoms with Crippen molar-refractivity contribution in [2.24, 2.45) is 5.73 Å². The molecule has 0 aromatic carbocycles. The van der Waals surface area contributed by atoms with Gasteiger partial charge < -0.3 is 20.1 Å². The quantitative estimate of drug-likeness (QED) is 0.825. The Labute approximate surface area is 102 Å². The van der Waals surface area contributed by atoms with Crippen LogP contribution in [0.15, 0.2) is 18.3 Å². The van der Waals surface area contributed by atoms with Gasteiger partial charge in [-0.3, -0.25) is 4.98 Å². The van der Waals surface area contributed by atoms with Crippen LogP contribution in [0.2, 0.25) is 0 Å². The van der Waals surface area contributed by atoms with Crippen LogP contribution in [0.1, 0.15) is 11.7 Å². The first-order chi connectivity index (χ1) is 8.22. The Bertz CT molecular complexity index is 373. The summed E-state index contributed by atoms with van der Waals surface area (Å²) in [6, 6.07) is 3.45. The molecule has 0 spiro atoms. The number of hydrogen-bond donors (Lipinski definition) is 1. The third-order valence-electron chi connectivity index (χ3n) is 3.03. The summed E-state index contributed by atoms with van der Waals surface area (Å²) >= 11 is 0. The first-order valence-electron chi connectivity index (χ1n) is 5.77. The van der Waals surface area contributed by atoms with Gasteiger partial charge in [0, 0.05) is 19.3 Å². The zero-order chi connectivity index (χ0) is 12.3. The highest BCUT2D eigenvalue weighted by molar-refractivity contribution is 5.30. The second-order valence-electron chi connectivity index (χ2n) is 4.29. The Kier molecular flexibility index (Phi) is 3.93. The molecule has 2 N–H and O–H groups in total. The Morgan fingerprint density at radius 2 is 2.47 bits per heavy atom. The maximum atomic E-state index is 6.21. The summed E-state index contributed by atoms with van der Waals surface area (Å²) in [4.78, 5) is 6.51. The summed E-state index contributed by atoms with van der Waals surface area (Å²) in [7, 11) is 3.69. The molecule has 0 amide bonds. The Hall–Kier alpha value is -1.17. The van der Waals surface area contributed by atoms with Gasteiger partial charge in [-0.25, -0.2) is 0 Å². The van der Waals surface area contributed by atoms with Gasteiger partial charge in [-0.2, -0.15) is 0 Å². The van der Waals surface area contributed by atoms with Crippen molar-refractivity contribution in [2.45, 2.75) is 12.1 Å². The molecule has 0 saturated carbocycles.